The van der Waals surface area contributed by atoms with Crippen molar-refractivity contribution >= 4 is 33.0 Å². The molecule has 276 valence electrons. The summed E-state index contributed by atoms with van der Waals surface area (Å²) in [7, 11) is 3.18. The molecule has 0 spiro atoms. The Morgan fingerprint density at radius 2 is 1.17 bits per heavy atom. The summed E-state index contributed by atoms with van der Waals surface area (Å²) in [6.45, 7) is 0. The molecular formula is C42H49N7O3S. The molecule has 0 N–H and O–H groups in total. The number of anilines is 1. The van der Waals surface area contributed by atoms with Crippen LogP contribution in [-0.2, 0) is 34.1 Å². The molecule has 5 rings (SSSR count). The number of aromatic nitrogens is 2. The first-order valence-electron chi connectivity index (χ1n) is 18.0. The number of amides is 1. The van der Waals surface area contributed by atoms with Gasteiger partial charge in [-0.3, -0.25) is 14.8 Å². The quantitative estimate of drug-likeness (QED) is 0.0844. The van der Waals surface area contributed by atoms with Gasteiger partial charge in [0.1, 0.15) is 6.04 Å². The summed E-state index contributed by atoms with van der Waals surface area (Å²) in [6, 6.07) is 30.4. The molecular weight excluding hydrogens is 683 g/mol. The average molecular weight is 732 g/mol. The van der Waals surface area contributed by atoms with Crippen LogP contribution in [0.2, 0.25) is 0 Å². The highest BCUT2D eigenvalue weighted by Crippen LogP contribution is 2.26. The second-order valence-corrected chi connectivity index (χ2v) is 15.4. The van der Waals surface area contributed by atoms with Crippen molar-refractivity contribution in [3.05, 3.63) is 145 Å². The minimum Gasteiger partial charge on any atom is -0.378 e. The summed E-state index contributed by atoms with van der Waals surface area (Å²) in [5, 5.41) is 8.61. The number of likely N-dealkylation sites (N-methyl/N-ethyl adjacent to an activating group) is 2. The van der Waals surface area contributed by atoms with Gasteiger partial charge >= 0.3 is 0 Å². The number of benzene rings is 3. The monoisotopic (exact) mass is 731 g/mol. The normalized spacial score (nSPS) is 12.3. The molecule has 0 saturated carbocycles. The van der Waals surface area contributed by atoms with E-state index in [4.69, 9.17) is 0 Å². The second-order valence-electron chi connectivity index (χ2n) is 13.4. The van der Waals surface area contributed by atoms with E-state index < -0.39 is 16.1 Å². The third-order valence-corrected chi connectivity index (χ3v) is 11.4. The summed E-state index contributed by atoms with van der Waals surface area (Å²) >= 11 is 0. The molecule has 2 aromatic heterocycles. The first kappa shape index (κ1) is 39.0. The SMILES string of the molecule is CN(C)c1ccc(N=Nc2ccc(S(=O)(=O)N(C)[C@@H](Cc3ccccc3)C(=O)N(C)C(CCCc3cccnc3)CCCc3cccnc3)cc2)cc1. The van der Waals surface area contributed by atoms with Gasteiger partial charge in [0.2, 0.25) is 15.9 Å². The Balaban J connectivity index is 1.34. The largest absolute Gasteiger partial charge is 0.378 e. The van der Waals surface area contributed by atoms with E-state index in [1.54, 1.807) is 29.4 Å². The van der Waals surface area contributed by atoms with Crippen LogP contribution in [-0.4, -0.2) is 73.8 Å². The van der Waals surface area contributed by atoms with E-state index in [1.807, 2.05) is 105 Å². The van der Waals surface area contributed by atoms with Crippen LogP contribution in [0.3, 0.4) is 0 Å². The van der Waals surface area contributed by atoms with Crippen LogP contribution in [0.1, 0.15) is 42.4 Å². The number of sulfonamides is 1. The standard InChI is InChI=1S/C42H49N7O3S/c1-47(2)38-24-20-36(21-25-38)45-46-37-22-26-40(27-23-37)53(51,52)49(4)41(30-33-12-6-5-7-13-33)42(50)48(3)39(18-8-14-34-16-10-28-43-31-34)19-9-15-35-17-11-29-44-32-35/h5-7,10-13,16-17,20-29,31-32,39,41H,8-9,14-15,18-19,30H2,1-4H3/t41-/m0/s1. The van der Waals surface area contributed by atoms with E-state index in [-0.39, 0.29) is 23.3 Å². The minimum absolute atomic E-state index is 0.0762. The van der Waals surface area contributed by atoms with E-state index in [0.717, 1.165) is 60.9 Å². The summed E-state index contributed by atoms with van der Waals surface area (Å²) in [5.74, 6) is -0.238. The molecule has 0 bridgehead atoms. The van der Waals surface area contributed by atoms with Gasteiger partial charge in [-0.05, 0) is 122 Å². The number of rotatable bonds is 18. The van der Waals surface area contributed by atoms with Crippen LogP contribution in [0, 0.1) is 0 Å². The maximum atomic E-state index is 14.6. The smallest absolute Gasteiger partial charge is 0.243 e. The fourth-order valence-corrected chi connectivity index (χ4v) is 7.59. The van der Waals surface area contributed by atoms with Gasteiger partial charge in [0.05, 0.1) is 16.3 Å². The molecule has 2 heterocycles. The van der Waals surface area contributed by atoms with E-state index in [0.29, 0.717) is 11.4 Å². The molecule has 1 atom stereocenters. The first-order chi connectivity index (χ1) is 25.6. The zero-order valence-electron chi connectivity index (χ0n) is 31.0. The number of azo groups is 1. The molecule has 53 heavy (non-hydrogen) atoms. The van der Waals surface area contributed by atoms with Crippen molar-refractivity contribution in [2.45, 2.75) is 61.9 Å². The van der Waals surface area contributed by atoms with Gasteiger partial charge in [0.25, 0.3) is 0 Å². The number of carbonyl (C=O) groups is 1. The van der Waals surface area contributed by atoms with Crippen molar-refractivity contribution in [3.8, 4) is 0 Å². The fraction of sp³-hybridized carbons (Fsp3) is 0.310. The number of nitrogens with zero attached hydrogens (tertiary/aromatic N) is 7. The van der Waals surface area contributed by atoms with Crippen molar-refractivity contribution in [3.63, 3.8) is 0 Å². The molecule has 0 unspecified atom stereocenters. The predicted octanol–water partition coefficient (Wildman–Crippen LogP) is 8.06. The van der Waals surface area contributed by atoms with Crippen molar-refractivity contribution in [1.29, 1.82) is 0 Å². The summed E-state index contributed by atoms with van der Waals surface area (Å²) < 4.78 is 29.6. The molecule has 0 aliphatic rings. The third kappa shape index (κ3) is 11.1. The Hall–Kier alpha value is -5.26. The molecule has 0 aliphatic heterocycles. The van der Waals surface area contributed by atoms with Gasteiger partial charge in [0, 0.05) is 64.7 Å². The Kier molecular flexibility index (Phi) is 14.0. The van der Waals surface area contributed by atoms with Crippen LogP contribution < -0.4 is 4.90 Å². The molecule has 0 radical (unpaired) electrons. The molecule has 1 amide bonds. The minimum atomic E-state index is -4.07. The van der Waals surface area contributed by atoms with Crippen LogP contribution in [0.25, 0.3) is 0 Å². The van der Waals surface area contributed by atoms with Crippen molar-refractivity contribution < 1.29 is 13.2 Å². The van der Waals surface area contributed by atoms with Crippen LogP contribution in [0.15, 0.2) is 143 Å². The summed E-state index contributed by atoms with van der Waals surface area (Å²) in [4.78, 5) is 26.9. The van der Waals surface area contributed by atoms with Gasteiger partial charge in [-0.1, -0.05) is 42.5 Å². The molecule has 11 heteroatoms. The molecule has 0 fully saturated rings. The Morgan fingerprint density at radius 3 is 1.66 bits per heavy atom. The van der Waals surface area contributed by atoms with Gasteiger partial charge in [-0.2, -0.15) is 14.5 Å². The number of hydrogen-bond donors (Lipinski definition) is 0. The fourth-order valence-electron chi connectivity index (χ4n) is 6.28. The highest BCUT2D eigenvalue weighted by atomic mass is 32.2. The molecule has 3 aromatic carbocycles. The molecule has 5 aromatic rings. The second kappa shape index (κ2) is 19.0. The predicted molar refractivity (Wildman–Crippen MR) is 211 cm³/mol. The zero-order valence-corrected chi connectivity index (χ0v) is 31.8. The molecule has 0 aliphatic carbocycles. The lowest BCUT2D eigenvalue weighted by atomic mass is 9.97. The Morgan fingerprint density at radius 1 is 0.660 bits per heavy atom. The zero-order chi connectivity index (χ0) is 37.6. The van der Waals surface area contributed by atoms with Crippen molar-refractivity contribution in [2.24, 2.45) is 10.2 Å². The Bertz CT molecular complexity index is 1950. The highest BCUT2D eigenvalue weighted by Gasteiger charge is 2.36. The van der Waals surface area contributed by atoms with Crippen molar-refractivity contribution in [2.75, 3.05) is 33.1 Å². The summed E-state index contributed by atoms with van der Waals surface area (Å²) in [5.41, 5.74) is 5.42. The number of carbonyl (C=O) groups excluding carboxylic acids is 1. The van der Waals surface area contributed by atoms with E-state index in [1.165, 1.54) is 23.5 Å². The number of hydrogen-bond acceptors (Lipinski definition) is 8. The topological polar surface area (TPSA) is 111 Å². The lowest BCUT2D eigenvalue weighted by molar-refractivity contribution is -0.136. The molecule has 10 nitrogen and oxygen atoms in total. The maximum Gasteiger partial charge on any atom is 0.243 e. The van der Waals surface area contributed by atoms with Crippen LogP contribution >= 0.6 is 0 Å². The average Bonchev–Trinajstić information content (AvgIpc) is 3.19. The maximum absolute atomic E-state index is 14.6. The Labute approximate surface area is 314 Å². The van der Waals surface area contributed by atoms with E-state index >= 15 is 0 Å². The van der Waals surface area contributed by atoms with Gasteiger partial charge in [-0.25, -0.2) is 8.42 Å². The summed E-state index contributed by atoms with van der Waals surface area (Å²) in [6.07, 6.45) is 12.5. The highest BCUT2D eigenvalue weighted by molar-refractivity contribution is 7.89. The lowest BCUT2D eigenvalue weighted by Gasteiger charge is -2.35. The van der Waals surface area contributed by atoms with Gasteiger partial charge < -0.3 is 9.80 Å². The number of pyridine rings is 2. The van der Waals surface area contributed by atoms with E-state index in [2.05, 4.69) is 32.3 Å². The molecule has 0 saturated heterocycles. The number of aryl methyl sites for hydroxylation is 2. The van der Waals surface area contributed by atoms with E-state index in [9.17, 15) is 13.2 Å². The van der Waals surface area contributed by atoms with Gasteiger partial charge in [-0.15, -0.1) is 0 Å². The third-order valence-electron chi connectivity index (χ3n) is 9.50. The van der Waals surface area contributed by atoms with Crippen LogP contribution in [0.5, 0.6) is 0 Å². The van der Waals surface area contributed by atoms with Crippen molar-refractivity contribution in [1.82, 2.24) is 19.2 Å². The van der Waals surface area contributed by atoms with Crippen LogP contribution in [0.4, 0.5) is 17.1 Å². The van der Waals surface area contributed by atoms with Gasteiger partial charge in [0.15, 0.2) is 0 Å². The lowest BCUT2D eigenvalue weighted by Crippen LogP contribution is -2.52. The first-order valence-corrected chi connectivity index (χ1v) is 19.4.